The molecule has 2 aromatic carbocycles. The second-order valence-electron chi connectivity index (χ2n) is 9.81. The lowest BCUT2D eigenvalue weighted by molar-refractivity contribution is -0.126. The molecule has 0 spiro atoms. The monoisotopic (exact) mass is 506 g/mol. The molecule has 3 aliphatic rings. The van der Waals surface area contributed by atoms with E-state index in [9.17, 15) is 34.1 Å². The van der Waals surface area contributed by atoms with Crippen LogP contribution in [0.1, 0.15) is 34.3 Å². The molecule has 37 heavy (non-hydrogen) atoms. The predicted molar refractivity (Wildman–Crippen MR) is 132 cm³/mol. The average Bonchev–Trinajstić information content (AvgIpc) is 2.84. The number of carbonyl (C=O) groups is 3. The highest BCUT2D eigenvalue weighted by molar-refractivity contribution is 6.22. The molecule has 5 rings (SSSR count). The van der Waals surface area contributed by atoms with Gasteiger partial charge in [0.05, 0.1) is 11.5 Å². The Morgan fingerprint density at radius 1 is 1.05 bits per heavy atom. The first-order chi connectivity index (χ1) is 17.7. The molecule has 1 amide bonds. The van der Waals surface area contributed by atoms with E-state index < -0.39 is 59.0 Å². The average molecular weight is 507 g/mol. The molecule has 8 nitrogen and oxygen atoms in total. The van der Waals surface area contributed by atoms with E-state index in [2.05, 4.69) is 5.32 Å². The molecule has 0 heterocycles. The van der Waals surface area contributed by atoms with Gasteiger partial charge in [-0.25, -0.2) is 4.39 Å². The van der Waals surface area contributed by atoms with E-state index in [4.69, 9.17) is 5.73 Å². The van der Waals surface area contributed by atoms with Gasteiger partial charge in [-0.1, -0.05) is 30.3 Å². The zero-order chi connectivity index (χ0) is 26.4. The third-order valence-corrected chi connectivity index (χ3v) is 7.64. The predicted octanol–water partition coefficient (Wildman–Crippen LogP) is 3.19. The van der Waals surface area contributed by atoms with Crippen LogP contribution >= 0.6 is 0 Å². The summed E-state index contributed by atoms with van der Waals surface area (Å²) in [4.78, 5) is 38.4. The number of rotatable bonds is 6. The second kappa shape index (κ2) is 9.48. The number of allylic oxidation sites excluding steroid dienone is 3. The van der Waals surface area contributed by atoms with Crippen molar-refractivity contribution < 1.29 is 34.1 Å². The summed E-state index contributed by atoms with van der Waals surface area (Å²) >= 11 is 0. The van der Waals surface area contributed by atoms with Crippen LogP contribution in [-0.4, -0.2) is 46.0 Å². The summed E-state index contributed by atoms with van der Waals surface area (Å²) in [6.07, 6.45) is 0.675. The standard InChI is InChI=1S/C28H27FN2O6/c29-7-8-31-12-13-1-3-14(4-2-13)17-5-6-19(32)23-18(17)10-15-9-16-11-20(33)24(28(30)37)27(36)22(16)25(34)21(15)26(23)35/h1-6,15-16,22,31-34H,7-12H2,(H2,30,37)/t15-,16+,22?/m1/s1. The quantitative estimate of drug-likeness (QED) is 0.298. The van der Waals surface area contributed by atoms with Crippen LogP contribution in [0.3, 0.4) is 0 Å². The lowest BCUT2D eigenvalue weighted by Gasteiger charge is -2.41. The first kappa shape index (κ1) is 24.7. The third-order valence-electron chi connectivity index (χ3n) is 7.64. The Kier molecular flexibility index (Phi) is 6.33. The fraction of sp³-hybridized carbons (Fsp3) is 0.321. The van der Waals surface area contributed by atoms with Crippen LogP contribution in [-0.2, 0) is 22.6 Å². The topological polar surface area (TPSA) is 150 Å². The number of amides is 1. The van der Waals surface area contributed by atoms with E-state index in [0.717, 1.165) is 16.7 Å². The Morgan fingerprint density at radius 3 is 2.46 bits per heavy atom. The molecule has 3 aliphatic carbocycles. The Balaban J connectivity index is 1.53. The summed E-state index contributed by atoms with van der Waals surface area (Å²) in [6.45, 7) is 0.340. The number of phenols is 1. The maximum absolute atomic E-state index is 13.6. The van der Waals surface area contributed by atoms with E-state index in [1.807, 2.05) is 24.3 Å². The van der Waals surface area contributed by atoms with Gasteiger partial charge in [0.25, 0.3) is 5.91 Å². The summed E-state index contributed by atoms with van der Waals surface area (Å²) in [7, 11) is 0. The molecule has 0 aliphatic heterocycles. The maximum Gasteiger partial charge on any atom is 0.255 e. The van der Waals surface area contributed by atoms with Crippen LogP contribution in [0.15, 0.2) is 59.1 Å². The molecule has 0 fully saturated rings. The highest BCUT2D eigenvalue weighted by Gasteiger charge is 2.50. The number of aliphatic hydroxyl groups excluding tert-OH is 2. The van der Waals surface area contributed by atoms with Crippen molar-refractivity contribution in [1.82, 2.24) is 5.32 Å². The van der Waals surface area contributed by atoms with Crippen molar-refractivity contribution in [2.24, 2.45) is 23.5 Å². The zero-order valence-corrected chi connectivity index (χ0v) is 20.0. The highest BCUT2D eigenvalue weighted by Crippen LogP contribution is 2.50. The maximum atomic E-state index is 13.6. The van der Waals surface area contributed by atoms with Gasteiger partial charge in [-0.15, -0.1) is 0 Å². The number of nitrogens with one attached hydrogen (secondary N) is 1. The second-order valence-corrected chi connectivity index (χ2v) is 9.81. The molecule has 0 saturated carbocycles. The molecular formula is C28H27FN2O6. The van der Waals surface area contributed by atoms with Crippen molar-refractivity contribution in [3.05, 3.63) is 75.8 Å². The Hall–Kier alpha value is -3.98. The van der Waals surface area contributed by atoms with Crippen molar-refractivity contribution in [2.45, 2.75) is 25.8 Å². The number of alkyl halides is 1. The first-order valence-electron chi connectivity index (χ1n) is 12.2. The van der Waals surface area contributed by atoms with Gasteiger partial charge in [-0.2, -0.15) is 0 Å². The van der Waals surface area contributed by atoms with Crippen LogP contribution in [0.4, 0.5) is 4.39 Å². The molecule has 0 saturated heterocycles. The van der Waals surface area contributed by atoms with Gasteiger partial charge in [-0.3, -0.25) is 14.4 Å². The SMILES string of the molecule is NC(=O)C1=C(O)C[C@@H]2C[C@@H]3Cc4c(-c5ccc(CNCCF)cc5)ccc(O)c4C(=O)C3=C(O)C2C1=O. The Labute approximate surface area is 212 Å². The summed E-state index contributed by atoms with van der Waals surface area (Å²) in [5.41, 5.74) is 8.11. The minimum atomic E-state index is -1.14. The number of primary amides is 1. The van der Waals surface area contributed by atoms with Gasteiger partial charge in [0.2, 0.25) is 0 Å². The summed E-state index contributed by atoms with van der Waals surface area (Å²) < 4.78 is 12.3. The van der Waals surface area contributed by atoms with Gasteiger partial charge in [0.15, 0.2) is 11.6 Å². The van der Waals surface area contributed by atoms with E-state index in [-0.39, 0.29) is 29.9 Å². The van der Waals surface area contributed by atoms with Crippen LogP contribution in [0, 0.1) is 17.8 Å². The number of Topliss-reactive ketones (excluding diaryl/α,β-unsaturated/α-hetero) is 2. The van der Waals surface area contributed by atoms with Crippen molar-refractivity contribution >= 4 is 17.5 Å². The first-order valence-corrected chi connectivity index (χ1v) is 12.2. The molecule has 192 valence electrons. The number of phenolic OH excluding ortho intramolecular Hbond substituents is 1. The number of aromatic hydroxyl groups is 1. The molecule has 1 unspecified atom stereocenters. The minimum absolute atomic E-state index is 0.00559. The smallest absolute Gasteiger partial charge is 0.255 e. The largest absolute Gasteiger partial charge is 0.511 e. The van der Waals surface area contributed by atoms with Crippen molar-refractivity contribution in [2.75, 3.05) is 13.2 Å². The fourth-order valence-electron chi connectivity index (χ4n) is 6.01. The lowest BCUT2D eigenvalue weighted by Crippen LogP contribution is -2.43. The molecule has 9 heteroatoms. The van der Waals surface area contributed by atoms with Gasteiger partial charge < -0.3 is 26.4 Å². The molecular weight excluding hydrogens is 479 g/mol. The number of benzene rings is 2. The van der Waals surface area contributed by atoms with Crippen molar-refractivity contribution in [3.8, 4) is 16.9 Å². The van der Waals surface area contributed by atoms with Crippen LogP contribution < -0.4 is 11.1 Å². The molecule has 3 atom stereocenters. The Morgan fingerprint density at radius 2 is 1.78 bits per heavy atom. The number of fused-ring (bicyclic) bond motifs is 3. The number of nitrogens with two attached hydrogens (primary N) is 1. The van der Waals surface area contributed by atoms with E-state index >= 15 is 0 Å². The van der Waals surface area contributed by atoms with Crippen molar-refractivity contribution in [3.63, 3.8) is 0 Å². The van der Waals surface area contributed by atoms with Crippen molar-refractivity contribution in [1.29, 1.82) is 0 Å². The highest BCUT2D eigenvalue weighted by atomic mass is 19.1. The van der Waals surface area contributed by atoms with E-state index in [1.54, 1.807) is 6.07 Å². The molecule has 0 bridgehead atoms. The minimum Gasteiger partial charge on any atom is -0.511 e. The van der Waals surface area contributed by atoms with E-state index in [1.165, 1.54) is 6.07 Å². The van der Waals surface area contributed by atoms with Gasteiger partial charge >= 0.3 is 0 Å². The van der Waals surface area contributed by atoms with Crippen LogP contribution in [0.25, 0.3) is 11.1 Å². The third kappa shape index (κ3) is 4.09. The van der Waals surface area contributed by atoms with Gasteiger partial charge in [0, 0.05) is 25.1 Å². The van der Waals surface area contributed by atoms with Crippen LogP contribution in [0.2, 0.25) is 0 Å². The van der Waals surface area contributed by atoms with Gasteiger partial charge in [-0.05, 0) is 53.0 Å². The zero-order valence-electron chi connectivity index (χ0n) is 20.0. The fourth-order valence-corrected chi connectivity index (χ4v) is 6.01. The van der Waals surface area contributed by atoms with Gasteiger partial charge in [0.1, 0.15) is 29.5 Å². The summed E-state index contributed by atoms with van der Waals surface area (Å²) in [5.74, 6) is -5.51. The lowest BCUT2D eigenvalue weighted by atomic mass is 9.62. The molecule has 2 aromatic rings. The molecule has 6 N–H and O–H groups in total. The number of halogens is 1. The van der Waals surface area contributed by atoms with E-state index in [0.29, 0.717) is 24.9 Å². The number of carbonyl (C=O) groups excluding carboxylic acids is 3. The molecule has 0 aromatic heterocycles. The number of hydrogen-bond acceptors (Lipinski definition) is 7. The number of ketones is 2. The summed E-state index contributed by atoms with van der Waals surface area (Å²) in [6, 6.07) is 10.8. The molecule has 0 radical (unpaired) electrons. The summed E-state index contributed by atoms with van der Waals surface area (Å²) in [5, 5.41) is 35.1. The Bertz CT molecular complexity index is 1380. The van der Waals surface area contributed by atoms with Crippen LogP contribution in [0.5, 0.6) is 5.75 Å². The normalized spacial score (nSPS) is 23.0. The number of aliphatic hydroxyl groups is 2. The number of hydrogen-bond donors (Lipinski definition) is 5.